The Morgan fingerprint density at radius 3 is 2.90 bits per heavy atom. The first-order chi connectivity index (χ1) is 4.83. The molecule has 1 aromatic carbocycles. The number of aliphatic imine (C=N–C) groups is 1. The monoisotopic (exact) mass is 133 g/mol. The summed E-state index contributed by atoms with van der Waals surface area (Å²) in [4.78, 5) is 3.75. The van der Waals surface area contributed by atoms with E-state index in [1.54, 1.807) is 18.2 Å². The number of aromatic hydroxyl groups is 1. The Kier molecular flexibility index (Phi) is 1.88. The molecule has 0 aliphatic carbocycles. The van der Waals surface area contributed by atoms with Crippen molar-refractivity contribution in [1.82, 2.24) is 0 Å². The Morgan fingerprint density at radius 1 is 1.50 bits per heavy atom. The first-order valence-electron chi connectivity index (χ1n) is 2.85. The second-order valence-electron chi connectivity index (χ2n) is 1.79. The quantitative estimate of drug-likeness (QED) is 0.583. The molecule has 1 aromatic rings. The van der Waals surface area contributed by atoms with Gasteiger partial charge in [0.2, 0.25) is 0 Å². The molecule has 0 fully saturated rings. The molecule has 0 aliphatic rings. The minimum atomic E-state index is 0.205. The molecule has 0 unspecified atom stereocenters. The topological polar surface area (TPSA) is 32.6 Å². The van der Waals surface area contributed by atoms with E-state index >= 15 is 0 Å². The average molecular weight is 133 g/mol. The van der Waals surface area contributed by atoms with Gasteiger partial charge in [-0.25, -0.2) is 4.99 Å². The smallest absolute Gasteiger partial charge is 0.117 e. The second-order valence-corrected chi connectivity index (χ2v) is 1.79. The van der Waals surface area contributed by atoms with E-state index in [1.165, 1.54) is 6.07 Å². The van der Waals surface area contributed by atoms with Gasteiger partial charge in [-0.15, -0.1) is 0 Å². The van der Waals surface area contributed by atoms with Gasteiger partial charge < -0.3 is 5.11 Å². The van der Waals surface area contributed by atoms with Gasteiger partial charge in [-0.1, -0.05) is 6.07 Å². The largest absolute Gasteiger partial charge is 0.508 e. The van der Waals surface area contributed by atoms with Crippen molar-refractivity contribution >= 4 is 11.6 Å². The van der Waals surface area contributed by atoms with Crippen LogP contribution in [0.5, 0.6) is 5.75 Å². The molecule has 0 aromatic heterocycles. The number of hydrogen-bond acceptors (Lipinski definition) is 2. The van der Waals surface area contributed by atoms with Gasteiger partial charge in [-0.2, -0.15) is 0 Å². The van der Waals surface area contributed by atoms with Crippen LogP contribution < -0.4 is 0 Å². The van der Waals surface area contributed by atoms with Crippen LogP contribution in [0.25, 0.3) is 0 Å². The summed E-state index contributed by atoms with van der Waals surface area (Å²) >= 11 is 0. The molecule has 2 nitrogen and oxygen atoms in total. The van der Waals surface area contributed by atoms with E-state index in [9.17, 15) is 0 Å². The first-order valence-corrected chi connectivity index (χ1v) is 2.85. The summed E-state index contributed by atoms with van der Waals surface area (Å²) in [5.41, 5.74) is 0.662. The van der Waals surface area contributed by atoms with E-state index in [2.05, 4.69) is 17.4 Å². The summed E-state index contributed by atoms with van der Waals surface area (Å²) in [6, 6.07) is 6.60. The van der Waals surface area contributed by atoms with Crippen LogP contribution in [0, 0.1) is 0 Å². The van der Waals surface area contributed by atoms with Crippen LogP contribution >= 0.6 is 0 Å². The van der Waals surface area contributed by atoms with E-state index in [4.69, 9.17) is 5.11 Å². The third-order valence-corrected chi connectivity index (χ3v) is 1.04. The molecule has 1 N–H and O–H groups in total. The lowest BCUT2D eigenvalue weighted by molar-refractivity contribution is 0.475. The number of phenolic OH excluding ortho intramolecular Hbond substituents is 1. The summed E-state index contributed by atoms with van der Waals surface area (Å²) in [5.74, 6) is 2.58. The fraction of sp³-hybridized carbons (Fsp3) is 0. The van der Waals surface area contributed by atoms with E-state index in [0.717, 1.165) is 0 Å². The molecule has 0 spiro atoms. The van der Waals surface area contributed by atoms with Crippen LogP contribution in [0.15, 0.2) is 35.8 Å². The van der Waals surface area contributed by atoms with E-state index in [1.807, 2.05) is 0 Å². The molecule has 0 bridgehead atoms. The molecule has 0 heterocycles. The summed E-state index contributed by atoms with van der Waals surface area (Å²) in [5, 5.41) is 8.93. The Balaban J connectivity index is 3.06. The number of hydrogen-bond donors (Lipinski definition) is 1. The first kappa shape index (κ1) is 6.59. The van der Waals surface area contributed by atoms with Gasteiger partial charge in [0.25, 0.3) is 0 Å². The van der Waals surface area contributed by atoms with Gasteiger partial charge in [0.15, 0.2) is 0 Å². The number of nitrogens with zero attached hydrogens (tertiary/aromatic N) is 1. The highest BCUT2D eigenvalue weighted by Crippen LogP contribution is 2.16. The fourth-order valence-corrected chi connectivity index (χ4v) is 0.654. The van der Waals surface area contributed by atoms with Crippen molar-refractivity contribution in [2.45, 2.75) is 0 Å². The van der Waals surface area contributed by atoms with Crippen molar-refractivity contribution in [3.05, 3.63) is 30.8 Å². The lowest BCUT2D eigenvalue weighted by atomic mass is 10.3. The van der Waals surface area contributed by atoms with Gasteiger partial charge in [0.05, 0.1) is 5.69 Å². The lowest BCUT2D eigenvalue weighted by Crippen LogP contribution is -1.63. The molecular weight excluding hydrogens is 126 g/mol. The van der Waals surface area contributed by atoms with E-state index < -0.39 is 0 Å². The third-order valence-electron chi connectivity index (χ3n) is 1.04. The zero-order chi connectivity index (χ0) is 7.40. The molecule has 0 radical (unpaired) electrons. The molecule has 50 valence electrons. The summed E-state index contributed by atoms with van der Waals surface area (Å²) < 4.78 is 0. The van der Waals surface area contributed by atoms with Crippen LogP contribution in [0.1, 0.15) is 0 Å². The van der Waals surface area contributed by atoms with Crippen LogP contribution in [0.4, 0.5) is 5.69 Å². The SMILES string of the molecule is C=C=Nc1cccc(O)c1. The predicted molar refractivity (Wildman–Crippen MR) is 40.8 cm³/mol. The van der Waals surface area contributed by atoms with Crippen molar-refractivity contribution in [3.8, 4) is 5.75 Å². The minimum Gasteiger partial charge on any atom is -0.508 e. The molecule has 0 aliphatic heterocycles. The fourth-order valence-electron chi connectivity index (χ4n) is 0.654. The summed E-state index contributed by atoms with van der Waals surface area (Å²) in [7, 11) is 0. The minimum absolute atomic E-state index is 0.205. The molecule has 0 atom stereocenters. The number of phenols is 1. The van der Waals surface area contributed by atoms with Crippen molar-refractivity contribution in [1.29, 1.82) is 0 Å². The van der Waals surface area contributed by atoms with Crippen molar-refractivity contribution in [2.75, 3.05) is 0 Å². The summed E-state index contributed by atoms with van der Waals surface area (Å²) in [6.07, 6.45) is 0. The maximum atomic E-state index is 8.93. The van der Waals surface area contributed by atoms with Gasteiger partial charge in [-0.3, -0.25) is 0 Å². The van der Waals surface area contributed by atoms with Crippen LogP contribution in [0.3, 0.4) is 0 Å². The molecule has 2 heteroatoms. The zero-order valence-electron chi connectivity index (χ0n) is 5.41. The Hall–Kier alpha value is -1.53. The average Bonchev–Trinajstić information content (AvgIpc) is 1.88. The highest BCUT2D eigenvalue weighted by molar-refractivity contribution is 5.56. The highest BCUT2D eigenvalue weighted by atomic mass is 16.3. The molecule has 0 amide bonds. The standard InChI is InChI=1S/C8H7NO/c1-2-9-7-4-3-5-8(10)6-7/h3-6,10H,1H2. The van der Waals surface area contributed by atoms with Gasteiger partial charge in [0, 0.05) is 6.07 Å². The van der Waals surface area contributed by atoms with E-state index in [0.29, 0.717) is 5.69 Å². The molecular formula is C8H7NO. The Morgan fingerprint density at radius 2 is 2.30 bits per heavy atom. The van der Waals surface area contributed by atoms with Crippen LogP contribution in [-0.2, 0) is 0 Å². The van der Waals surface area contributed by atoms with Crippen molar-refractivity contribution in [3.63, 3.8) is 0 Å². The van der Waals surface area contributed by atoms with Crippen molar-refractivity contribution in [2.24, 2.45) is 4.99 Å². The second kappa shape index (κ2) is 2.85. The molecule has 0 saturated carbocycles. The van der Waals surface area contributed by atoms with Gasteiger partial charge in [0.1, 0.15) is 5.75 Å². The summed E-state index contributed by atoms with van der Waals surface area (Å²) in [6.45, 7) is 3.31. The van der Waals surface area contributed by atoms with E-state index in [-0.39, 0.29) is 5.75 Å². The van der Waals surface area contributed by atoms with Gasteiger partial charge >= 0.3 is 0 Å². The zero-order valence-corrected chi connectivity index (χ0v) is 5.41. The highest BCUT2D eigenvalue weighted by Gasteiger charge is 1.87. The third kappa shape index (κ3) is 1.47. The maximum absolute atomic E-state index is 8.93. The molecule has 0 saturated heterocycles. The number of rotatable bonds is 1. The van der Waals surface area contributed by atoms with Crippen LogP contribution in [0.2, 0.25) is 0 Å². The van der Waals surface area contributed by atoms with Crippen LogP contribution in [-0.4, -0.2) is 11.0 Å². The van der Waals surface area contributed by atoms with Gasteiger partial charge in [-0.05, 0) is 24.6 Å². The predicted octanol–water partition coefficient (Wildman–Crippen LogP) is 1.88. The molecule has 10 heavy (non-hydrogen) atoms. The Labute approximate surface area is 59.2 Å². The normalized spacial score (nSPS) is 8.40. The maximum Gasteiger partial charge on any atom is 0.117 e. The van der Waals surface area contributed by atoms with Crippen molar-refractivity contribution < 1.29 is 5.11 Å². The molecule has 1 rings (SSSR count). The Bertz CT molecular complexity index is 274. The number of benzene rings is 1. The lowest BCUT2D eigenvalue weighted by Gasteiger charge is -1.90.